The first-order chi connectivity index (χ1) is 7.74. The average Bonchev–Trinajstić information content (AvgIpc) is 2.77. The third kappa shape index (κ3) is 2.13. The van der Waals surface area contributed by atoms with Gasteiger partial charge in [0.05, 0.1) is 24.6 Å². The van der Waals surface area contributed by atoms with E-state index in [9.17, 15) is 0 Å². The van der Waals surface area contributed by atoms with E-state index >= 15 is 0 Å². The number of methoxy groups -OCH3 is 2. The monoisotopic (exact) mass is 255 g/mol. The lowest BCUT2D eigenvalue weighted by Crippen LogP contribution is -1.85. The van der Waals surface area contributed by atoms with Crippen LogP contribution in [-0.4, -0.2) is 19.2 Å². The van der Waals surface area contributed by atoms with Gasteiger partial charge in [-0.25, -0.2) is 4.98 Å². The summed E-state index contributed by atoms with van der Waals surface area (Å²) in [4.78, 5) is 4.29. The lowest BCUT2D eigenvalue weighted by atomic mass is 10.2. The summed E-state index contributed by atoms with van der Waals surface area (Å²) < 4.78 is 10.1. The van der Waals surface area contributed by atoms with Crippen LogP contribution in [0.4, 0.5) is 0 Å². The highest BCUT2D eigenvalue weighted by molar-refractivity contribution is 7.13. The van der Waals surface area contributed by atoms with Crippen molar-refractivity contribution in [3.05, 3.63) is 28.6 Å². The number of nitrogens with zero attached hydrogens (tertiary/aromatic N) is 1. The van der Waals surface area contributed by atoms with Gasteiger partial charge in [0.1, 0.15) is 10.8 Å². The summed E-state index contributed by atoms with van der Waals surface area (Å²) in [5, 5.41) is 3.31. The molecule has 2 aromatic rings. The average molecular weight is 256 g/mol. The van der Waals surface area contributed by atoms with Crippen LogP contribution in [0.15, 0.2) is 23.6 Å². The molecule has 0 aliphatic rings. The van der Waals surface area contributed by atoms with E-state index in [1.54, 1.807) is 14.2 Å². The molecule has 0 spiro atoms. The molecular weight excluding hydrogens is 246 g/mol. The Morgan fingerprint density at radius 3 is 2.62 bits per heavy atom. The topological polar surface area (TPSA) is 31.4 Å². The molecule has 1 heterocycles. The Bertz CT molecular complexity index is 498. The minimum Gasteiger partial charge on any atom is -0.495 e. The number of thiazole rings is 1. The molecule has 0 aliphatic carbocycles. The molecule has 0 radical (unpaired) electrons. The Hall–Kier alpha value is -1.26. The lowest BCUT2D eigenvalue weighted by Gasteiger charge is -2.03. The lowest BCUT2D eigenvalue weighted by molar-refractivity contribution is 0.401. The molecule has 0 fully saturated rings. The maximum atomic E-state index is 6.04. The van der Waals surface area contributed by atoms with Gasteiger partial charge in [0.25, 0.3) is 0 Å². The fourth-order valence-corrected chi connectivity index (χ4v) is 2.31. The molecule has 0 saturated carbocycles. The number of halogens is 1. The van der Waals surface area contributed by atoms with Gasteiger partial charge < -0.3 is 9.47 Å². The summed E-state index contributed by atoms with van der Waals surface area (Å²) in [6.45, 7) is 0. The number of ether oxygens (including phenoxy) is 2. The quantitative estimate of drug-likeness (QED) is 0.841. The first-order valence-corrected chi connectivity index (χ1v) is 5.84. The molecule has 1 aromatic carbocycles. The summed E-state index contributed by atoms with van der Waals surface area (Å²) in [5.41, 5.74) is 0.958. The zero-order chi connectivity index (χ0) is 11.5. The van der Waals surface area contributed by atoms with Crippen LogP contribution >= 0.6 is 22.9 Å². The van der Waals surface area contributed by atoms with Crippen LogP contribution < -0.4 is 9.47 Å². The summed E-state index contributed by atoms with van der Waals surface area (Å²) in [7, 11) is 3.19. The fourth-order valence-electron chi connectivity index (χ4n) is 1.28. The molecule has 0 amide bonds. The van der Waals surface area contributed by atoms with E-state index in [1.807, 2.05) is 23.6 Å². The van der Waals surface area contributed by atoms with Gasteiger partial charge in [-0.05, 0) is 18.2 Å². The Kier molecular flexibility index (Phi) is 3.31. The van der Waals surface area contributed by atoms with Crippen LogP contribution in [0.5, 0.6) is 11.6 Å². The van der Waals surface area contributed by atoms with Crippen LogP contribution in [0, 0.1) is 0 Å². The van der Waals surface area contributed by atoms with Gasteiger partial charge in [-0.3, -0.25) is 0 Å². The Morgan fingerprint density at radius 1 is 1.25 bits per heavy atom. The molecule has 0 N–H and O–H groups in total. The van der Waals surface area contributed by atoms with Gasteiger partial charge in [-0.2, -0.15) is 0 Å². The maximum Gasteiger partial charge on any atom is 0.224 e. The summed E-state index contributed by atoms with van der Waals surface area (Å²) >= 11 is 7.55. The maximum absolute atomic E-state index is 6.04. The Labute approximate surface area is 103 Å². The molecule has 2 rings (SSSR count). The summed E-state index contributed by atoms with van der Waals surface area (Å²) in [6, 6.07) is 5.58. The molecule has 84 valence electrons. The number of rotatable bonds is 3. The fraction of sp³-hybridized carbons (Fsp3) is 0.182. The van der Waals surface area contributed by atoms with Crippen LogP contribution in [0.2, 0.25) is 5.02 Å². The van der Waals surface area contributed by atoms with Crippen molar-refractivity contribution in [1.29, 1.82) is 0 Å². The summed E-state index contributed by atoms with van der Waals surface area (Å²) in [6.07, 6.45) is 0. The molecule has 0 atom stereocenters. The third-order valence-electron chi connectivity index (χ3n) is 2.09. The van der Waals surface area contributed by atoms with E-state index in [1.165, 1.54) is 11.3 Å². The second-order valence-corrected chi connectivity index (χ2v) is 4.31. The van der Waals surface area contributed by atoms with E-state index < -0.39 is 0 Å². The van der Waals surface area contributed by atoms with Crippen molar-refractivity contribution in [2.75, 3.05) is 14.2 Å². The first kappa shape index (κ1) is 11.2. The molecule has 5 heteroatoms. The zero-order valence-electron chi connectivity index (χ0n) is 8.86. The second-order valence-electron chi connectivity index (χ2n) is 3.04. The predicted octanol–water partition coefficient (Wildman–Crippen LogP) is 3.48. The van der Waals surface area contributed by atoms with Crippen LogP contribution in [0.25, 0.3) is 10.6 Å². The first-order valence-electron chi connectivity index (χ1n) is 4.58. The zero-order valence-corrected chi connectivity index (χ0v) is 10.4. The molecule has 0 aliphatic heterocycles. The van der Waals surface area contributed by atoms with Gasteiger partial charge in [0.15, 0.2) is 0 Å². The second kappa shape index (κ2) is 4.72. The smallest absolute Gasteiger partial charge is 0.224 e. The standard InChI is InChI=1S/C11H10ClNO2S/c1-14-9-4-3-7(5-8(9)12)11-13-10(15-2)6-16-11/h3-6H,1-2H3. The van der Waals surface area contributed by atoms with E-state index in [0.717, 1.165) is 10.6 Å². The number of benzene rings is 1. The van der Waals surface area contributed by atoms with Crippen molar-refractivity contribution in [3.8, 4) is 22.2 Å². The van der Waals surface area contributed by atoms with E-state index in [-0.39, 0.29) is 0 Å². The number of hydrogen-bond acceptors (Lipinski definition) is 4. The summed E-state index contributed by atoms with van der Waals surface area (Å²) in [5.74, 6) is 1.28. The minimum atomic E-state index is 0.578. The van der Waals surface area contributed by atoms with Crippen molar-refractivity contribution in [1.82, 2.24) is 4.98 Å². The third-order valence-corrected chi connectivity index (χ3v) is 3.26. The number of hydrogen-bond donors (Lipinski definition) is 0. The molecule has 0 unspecified atom stereocenters. The van der Waals surface area contributed by atoms with Gasteiger partial charge in [-0.15, -0.1) is 11.3 Å². The van der Waals surface area contributed by atoms with Gasteiger partial charge >= 0.3 is 0 Å². The normalized spacial score (nSPS) is 10.2. The van der Waals surface area contributed by atoms with Crippen molar-refractivity contribution in [3.63, 3.8) is 0 Å². The van der Waals surface area contributed by atoms with Gasteiger partial charge in [-0.1, -0.05) is 11.6 Å². The van der Waals surface area contributed by atoms with Crippen LogP contribution in [0.3, 0.4) is 0 Å². The Balaban J connectivity index is 2.37. The molecular formula is C11H10ClNO2S. The number of aromatic nitrogens is 1. The molecule has 0 saturated heterocycles. The van der Waals surface area contributed by atoms with Crippen molar-refractivity contribution < 1.29 is 9.47 Å². The minimum absolute atomic E-state index is 0.578. The van der Waals surface area contributed by atoms with Gasteiger partial charge in [0.2, 0.25) is 5.88 Å². The van der Waals surface area contributed by atoms with Gasteiger partial charge in [0, 0.05) is 5.56 Å². The largest absolute Gasteiger partial charge is 0.495 e. The van der Waals surface area contributed by atoms with E-state index in [4.69, 9.17) is 21.1 Å². The SMILES string of the molecule is COc1csc(-c2ccc(OC)c(Cl)c2)n1. The predicted molar refractivity (Wildman–Crippen MR) is 65.7 cm³/mol. The van der Waals surface area contributed by atoms with Crippen molar-refractivity contribution in [2.45, 2.75) is 0 Å². The Morgan fingerprint density at radius 2 is 2.06 bits per heavy atom. The molecule has 1 aromatic heterocycles. The molecule has 3 nitrogen and oxygen atoms in total. The van der Waals surface area contributed by atoms with Crippen LogP contribution in [-0.2, 0) is 0 Å². The molecule has 0 bridgehead atoms. The van der Waals surface area contributed by atoms with E-state index in [0.29, 0.717) is 16.7 Å². The molecule has 16 heavy (non-hydrogen) atoms. The highest BCUT2D eigenvalue weighted by Crippen LogP contribution is 2.32. The highest BCUT2D eigenvalue weighted by Gasteiger charge is 2.07. The van der Waals surface area contributed by atoms with Crippen LogP contribution in [0.1, 0.15) is 0 Å². The van der Waals surface area contributed by atoms with Crippen molar-refractivity contribution in [2.24, 2.45) is 0 Å². The highest BCUT2D eigenvalue weighted by atomic mass is 35.5. The van der Waals surface area contributed by atoms with E-state index in [2.05, 4.69) is 4.98 Å². The van der Waals surface area contributed by atoms with Crippen molar-refractivity contribution >= 4 is 22.9 Å².